The van der Waals surface area contributed by atoms with Crippen molar-refractivity contribution in [2.75, 3.05) is 19.6 Å². The molecule has 0 aliphatic carbocycles. The number of nitrogens with two attached hydrogens (primary N) is 1. The number of hydrogen-bond acceptors (Lipinski definition) is 4. The molecule has 1 aliphatic heterocycles. The molecule has 0 bridgehead atoms. The molecule has 1 fully saturated rings. The third-order valence-corrected chi connectivity index (χ3v) is 3.68. The maximum Gasteiger partial charge on any atom is 0.287 e. The molecule has 0 saturated carbocycles. The Morgan fingerprint density at radius 2 is 2.35 bits per heavy atom. The van der Waals surface area contributed by atoms with Gasteiger partial charge in [0.2, 0.25) is 0 Å². The van der Waals surface area contributed by atoms with Gasteiger partial charge in [-0.1, -0.05) is 6.92 Å². The number of aryl methyl sites for hydroxylation is 1. The quantitative estimate of drug-likeness (QED) is 0.648. The van der Waals surface area contributed by atoms with Gasteiger partial charge < -0.3 is 15.2 Å². The largest absolute Gasteiger partial charge is 0.337 e. The van der Waals surface area contributed by atoms with Crippen LogP contribution in [0, 0.1) is 16.0 Å². The van der Waals surface area contributed by atoms with E-state index in [0.29, 0.717) is 37.8 Å². The monoisotopic (exact) mass is 280 g/mol. The van der Waals surface area contributed by atoms with E-state index in [2.05, 4.69) is 0 Å². The molecule has 2 heterocycles. The Balaban J connectivity index is 2.22. The van der Waals surface area contributed by atoms with Gasteiger partial charge in [-0.15, -0.1) is 0 Å². The first-order valence-corrected chi connectivity index (χ1v) is 6.90. The van der Waals surface area contributed by atoms with Gasteiger partial charge in [0.1, 0.15) is 5.69 Å². The van der Waals surface area contributed by atoms with E-state index in [-0.39, 0.29) is 11.6 Å². The number of hydrogen-bond donors (Lipinski definition) is 1. The molecule has 0 aromatic carbocycles. The van der Waals surface area contributed by atoms with Gasteiger partial charge in [0.05, 0.1) is 11.1 Å². The number of carbonyl (C=O) groups is 1. The minimum absolute atomic E-state index is 0.0311. The molecule has 7 heteroatoms. The molecule has 7 nitrogen and oxygen atoms in total. The number of aromatic nitrogens is 1. The predicted octanol–water partition coefficient (Wildman–Crippen LogP) is 1.23. The smallest absolute Gasteiger partial charge is 0.287 e. The SMILES string of the molecule is CCCn1cc([N+](=O)[O-])cc1C(=O)N1CCC(CN)C1. The third-order valence-electron chi connectivity index (χ3n) is 3.68. The molecule has 1 aromatic rings. The van der Waals surface area contributed by atoms with E-state index in [1.165, 1.54) is 12.3 Å². The lowest BCUT2D eigenvalue weighted by molar-refractivity contribution is -0.384. The summed E-state index contributed by atoms with van der Waals surface area (Å²) in [5.41, 5.74) is 5.99. The average molecular weight is 280 g/mol. The number of rotatable bonds is 5. The minimum atomic E-state index is -0.463. The predicted molar refractivity (Wildman–Crippen MR) is 74.4 cm³/mol. The van der Waals surface area contributed by atoms with Gasteiger partial charge in [0.25, 0.3) is 11.6 Å². The molecular weight excluding hydrogens is 260 g/mol. The summed E-state index contributed by atoms with van der Waals surface area (Å²) in [5.74, 6) is 0.200. The van der Waals surface area contributed by atoms with Crippen LogP contribution in [0.25, 0.3) is 0 Å². The molecule has 2 N–H and O–H groups in total. The van der Waals surface area contributed by atoms with Gasteiger partial charge >= 0.3 is 0 Å². The molecule has 1 aliphatic rings. The van der Waals surface area contributed by atoms with Crippen LogP contribution in [-0.2, 0) is 6.54 Å². The zero-order valence-electron chi connectivity index (χ0n) is 11.6. The van der Waals surface area contributed by atoms with Crippen LogP contribution in [0.4, 0.5) is 5.69 Å². The summed E-state index contributed by atoms with van der Waals surface area (Å²) < 4.78 is 1.68. The van der Waals surface area contributed by atoms with Crippen LogP contribution in [-0.4, -0.2) is 39.9 Å². The lowest BCUT2D eigenvalue weighted by atomic mass is 10.1. The Morgan fingerprint density at radius 1 is 1.60 bits per heavy atom. The van der Waals surface area contributed by atoms with Crippen LogP contribution < -0.4 is 5.73 Å². The Hall–Kier alpha value is -1.89. The van der Waals surface area contributed by atoms with Crippen LogP contribution in [0.3, 0.4) is 0 Å². The summed E-state index contributed by atoms with van der Waals surface area (Å²) >= 11 is 0. The molecule has 1 amide bonds. The Kier molecular flexibility index (Phi) is 4.39. The second-order valence-electron chi connectivity index (χ2n) is 5.18. The average Bonchev–Trinajstić information content (AvgIpc) is 3.05. The van der Waals surface area contributed by atoms with E-state index in [1.54, 1.807) is 9.47 Å². The fourth-order valence-electron chi connectivity index (χ4n) is 2.57. The van der Waals surface area contributed by atoms with Crippen LogP contribution in [0.5, 0.6) is 0 Å². The Labute approximate surface area is 117 Å². The maximum atomic E-state index is 12.5. The zero-order valence-corrected chi connectivity index (χ0v) is 11.6. The summed E-state index contributed by atoms with van der Waals surface area (Å²) in [7, 11) is 0. The molecule has 2 rings (SSSR count). The van der Waals surface area contributed by atoms with Crippen LogP contribution in [0.2, 0.25) is 0 Å². The van der Waals surface area contributed by atoms with E-state index in [4.69, 9.17) is 5.73 Å². The standard InChI is InChI=1S/C13H20N4O3/c1-2-4-15-9-11(17(19)20)6-12(15)13(18)16-5-3-10(7-14)8-16/h6,9-10H,2-5,7-8,14H2,1H3. The number of carbonyl (C=O) groups excluding carboxylic acids is 1. The van der Waals surface area contributed by atoms with E-state index in [1.807, 2.05) is 6.92 Å². The normalized spacial score (nSPS) is 18.5. The van der Waals surface area contributed by atoms with E-state index in [9.17, 15) is 14.9 Å². The first kappa shape index (κ1) is 14.5. The second-order valence-corrected chi connectivity index (χ2v) is 5.18. The molecule has 20 heavy (non-hydrogen) atoms. The summed E-state index contributed by atoms with van der Waals surface area (Å²) in [6.45, 7) is 4.45. The first-order valence-electron chi connectivity index (χ1n) is 6.90. The summed E-state index contributed by atoms with van der Waals surface area (Å²) in [5, 5.41) is 10.9. The first-order chi connectivity index (χ1) is 9.56. The molecule has 1 atom stereocenters. The van der Waals surface area contributed by atoms with Gasteiger partial charge in [-0.2, -0.15) is 0 Å². The highest BCUT2D eigenvalue weighted by molar-refractivity contribution is 5.93. The Bertz CT molecular complexity index is 512. The second kappa shape index (κ2) is 6.04. The third kappa shape index (κ3) is 2.82. The molecule has 110 valence electrons. The fraction of sp³-hybridized carbons (Fsp3) is 0.615. The van der Waals surface area contributed by atoms with E-state index in [0.717, 1.165) is 12.8 Å². The van der Waals surface area contributed by atoms with Crippen molar-refractivity contribution in [3.63, 3.8) is 0 Å². The van der Waals surface area contributed by atoms with Crippen molar-refractivity contribution in [2.24, 2.45) is 11.7 Å². The Morgan fingerprint density at radius 3 is 2.90 bits per heavy atom. The minimum Gasteiger partial charge on any atom is -0.337 e. The zero-order chi connectivity index (χ0) is 14.7. The van der Waals surface area contributed by atoms with Gasteiger partial charge in [0.15, 0.2) is 0 Å². The molecule has 0 spiro atoms. The fourth-order valence-corrected chi connectivity index (χ4v) is 2.57. The number of nitro groups is 1. The lowest BCUT2D eigenvalue weighted by Crippen LogP contribution is -2.31. The lowest BCUT2D eigenvalue weighted by Gasteiger charge is -2.17. The summed E-state index contributed by atoms with van der Waals surface area (Å²) in [6, 6.07) is 1.37. The molecule has 0 radical (unpaired) electrons. The van der Waals surface area contributed by atoms with Crippen molar-refractivity contribution in [1.29, 1.82) is 0 Å². The highest BCUT2D eigenvalue weighted by atomic mass is 16.6. The highest BCUT2D eigenvalue weighted by Crippen LogP contribution is 2.22. The van der Waals surface area contributed by atoms with Crippen molar-refractivity contribution in [1.82, 2.24) is 9.47 Å². The molecule has 1 unspecified atom stereocenters. The molecule has 1 aromatic heterocycles. The van der Waals surface area contributed by atoms with Crippen molar-refractivity contribution in [2.45, 2.75) is 26.3 Å². The maximum absolute atomic E-state index is 12.5. The molecular formula is C13H20N4O3. The number of nitrogens with zero attached hydrogens (tertiary/aromatic N) is 3. The van der Waals surface area contributed by atoms with E-state index < -0.39 is 4.92 Å². The number of amides is 1. The van der Waals surface area contributed by atoms with Crippen LogP contribution in [0.1, 0.15) is 30.3 Å². The van der Waals surface area contributed by atoms with Crippen molar-refractivity contribution < 1.29 is 9.72 Å². The van der Waals surface area contributed by atoms with Gasteiger partial charge in [0, 0.05) is 25.7 Å². The van der Waals surface area contributed by atoms with Crippen LogP contribution >= 0.6 is 0 Å². The van der Waals surface area contributed by atoms with Gasteiger partial charge in [-0.05, 0) is 25.3 Å². The number of likely N-dealkylation sites (tertiary alicyclic amines) is 1. The molecule has 1 saturated heterocycles. The van der Waals surface area contributed by atoms with Crippen molar-refractivity contribution in [3.8, 4) is 0 Å². The van der Waals surface area contributed by atoms with Crippen molar-refractivity contribution >= 4 is 11.6 Å². The summed E-state index contributed by atoms with van der Waals surface area (Å²) in [6.07, 6.45) is 3.16. The summed E-state index contributed by atoms with van der Waals surface area (Å²) in [4.78, 5) is 24.6. The highest BCUT2D eigenvalue weighted by Gasteiger charge is 2.29. The topological polar surface area (TPSA) is 94.4 Å². The van der Waals surface area contributed by atoms with Crippen LogP contribution in [0.15, 0.2) is 12.3 Å². The van der Waals surface area contributed by atoms with Gasteiger partial charge in [-0.3, -0.25) is 14.9 Å². The van der Waals surface area contributed by atoms with E-state index >= 15 is 0 Å². The van der Waals surface area contributed by atoms with Crippen molar-refractivity contribution in [3.05, 3.63) is 28.1 Å². The van der Waals surface area contributed by atoms with Gasteiger partial charge in [-0.25, -0.2) is 0 Å².